The van der Waals surface area contributed by atoms with Crippen LogP contribution in [0.5, 0.6) is 0 Å². The van der Waals surface area contributed by atoms with Crippen LogP contribution in [0.4, 0.5) is 0 Å². The van der Waals surface area contributed by atoms with Crippen molar-refractivity contribution in [3.63, 3.8) is 0 Å². The monoisotopic (exact) mass is 306 g/mol. The van der Waals surface area contributed by atoms with E-state index in [0.29, 0.717) is 18.4 Å². The fourth-order valence-electron chi connectivity index (χ4n) is 2.96. The van der Waals surface area contributed by atoms with Gasteiger partial charge in [0.2, 0.25) is 0 Å². The topological polar surface area (TPSA) is 72.8 Å². The first kappa shape index (κ1) is 16.5. The molecule has 0 bridgehead atoms. The second kappa shape index (κ2) is 6.48. The lowest BCUT2D eigenvalue weighted by Gasteiger charge is -2.25. The molecule has 0 aromatic heterocycles. The van der Waals surface area contributed by atoms with Gasteiger partial charge in [-0.2, -0.15) is 0 Å². The summed E-state index contributed by atoms with van der Waals surface area (Å²) in [4.78, 5) is 23.0. The van der Waals surface area contributed by atoms with Gasteiger partial charge in [-0.1, -0.05) is 24.3 Å². The number of aliphatic hydroxyl groups is 1. The molecule has 5 nitrogen and oxygen atoms in total. The van der Waals surface area contributed by atoms with Crippen LogP contribution in [0.3, 0.4) is 0 Å². The molecule has 1 saturated heterocycles. The van der Waals surface area contributed by atoms with Crippen LogP contribution in [0.2, 0.25) is 0 Å². The predicted molar refractivity (Wildman–Crippen MR) is 80.8 cm³/mol. The minimum Gasteiger partial charge on any atom is -0.458 e. The van der Waals surface area contributed by atoms with E-state index in [2.05, 4.69) is 6.58 Å². The number of ether oxygens (including phenoxy) is 2. The Morgan fingerprint density at radius 2 is 2.14 bits per heavy atom. The molecule has 0 amide bonds. The van der Waals surface area contributed by atoms with Crippen LogP contribution in [0.1, 0.15) is 33.6 Å². The Bertz CT molecular complexity index is 557. The van der Waals surface area contributed by atoms with E-state index < -0.39 is 30.2 Å². The van der Waals surface area contributed by atoms with Crippen LogP contribution in [0.15, 0.2) is 35.5 Å². The summed E-state index contributed by atoms with van der Waals surface area (Å²) in [5.41, 5.74) is 2.06. The lowest BCUT2D eigenvalue weighted by atomic mass is 9.85. The maximum absolute atomic E-state index is 11.7. The minimum absolute atomic E-state index is 0.291. The molecule has 1 aliphatic carbocycles. The molecule has 1 N–H and O–H groups in total. The Morgan fingerprint density at radius 1 is 1.45 bits per heavy atom. The van der Waals surface area contributed by atoms with Gasteiger partial charge in [-0.3, -0.25) is 4.79 Å². The lowest BCUT2D eigenvalue weighted by molar-refractivity contribution is -0.144. The molecular weight excluding hydrogens is 284 g/mol. The van der Waals surface area contributed by atoms with Crippen LogP contribution < -0.4 is 0 Å². The van der Waals surface area contributed by atoms with Crippen molar-refractivity contribution in [3.05, 3.63) is 35.5 Å². The molecule has 0 radical (unpaired) electrons. The highest BCUT2D eigenvalue weighted by molar-refractivity contribution is 5.91. The molecule has 2 rings (SSSR count). The number of esters is 2. The summed E-state index contributed by atoms with van der Waals surface area (Å²) in [5.74, 6) is -1.29. The zero-order valence-corrected chi connectivity index (χ0v) is 13.2. The number of carbonyl (C=O) groups excluding carboxylic acids is 2. The second-order valence-corrected chi connectivity index (χ2v) is 5.98. The van der Waals surface area contributed by atoms with E-state index in [4.69, 9.17) is 9.47 Å². The number of fused-ring (bicyclic) bond motifs is 1. The predicted octanol–water partition coefficient (Wildman–Crippen LogP) is 2.06. The summed E-state index contributed by atoms with van der Waals surface area (Å²) in [5, 5.41) is 10.5. The van der Waals surface area contributed by atoms with Crippen molar-refractivity contribution in [2.75, 3.05) is 0 Å². The molecular formula is C17H22O5. The normalized spacial score (nSPS) is 37.3. The largest absolute Gasteiger partial charge is 0.458 e. The number of aliphatic hydroxyl groups excluding tert-OH is 1. The molecule has 0 aromatic rings. The van der Waals surface area contributed by atoms with Gasteiger partial charge in [0.25, 0.3) is 0 Å². The Balaban J connectivity index is 2.35. The highest BCUT2D eigenvalue weighted by Crippen LogP contribution is 2.35. The number of carbonyl (C=O) groups is 2. The number of rotatable bonds is 1. The molecule has 0 unspecified atom stereocenters. The van der Waals surface area contributed by atoms with E-state index in [-0.39, 0.29) is 5.97 Å². The van der Waals surface area contributed by atoms with Crippen LogP contribution in [-0.2, 0) is 19.1 Å². The van der Waals surface area contributed by atoms with Crippen molar-refractivity contribution in [1.29, 1.82) is 0 Å². The van der Waals surface area contributed by atoms with Gasteiger partial charge >= 0.3 is 11.9 Å². The van der Waals surface area contributed by atoms with Gasteiger partial charge in [0, 0.05) is 25.3 Å². The molecule has 0 saturated carbocycles. The summed E-state index contributed by atoms with van der Waals surface area (Å²) in [7, 11) is 0. The fraction of sp³-hybridized carbons (Fsp3) is 0.529. The molecule has 2 aliphatic rings. The van der Waals surface area contributed by atoms with Gasteiger partial charge in [0.05, 0.1) is 12.0 Å². The van der Waals surface area contributed by atoms with Gasteiger partial charge < -0.3 is 14.6 Å². The van der Waals surface area contributed by atoms with E-state index in [1.165, 1.54) is 6.92 Å². The van der Waals surface area contributed by atoms with Gasteiger partial charge in [-0.15, -0.1) is 0 Å². The van der Waals surface area contributed by atoms with Crippen molar-refractivity contribution in [2.45, 2.75) is 51.9 Å². The highest BCUT2D eigenvalue weighted by atomic mass is 16.6. The molecule has 1 heterocycles. The molecule has 5 heteroatoms. The standard InChI is InChI=1S/C17H22O5/c1-9-5-6-14(21-12(4)18)10(2)8-13(19)16-11(3)17(20)22-15(16)7-9/h5,8,13-16,19H,3,6-7H2,1-2,4H3/b9-5+,10-8+/t13-,14+,15+,16+/m1/s1. The summed E-state index contributed by atoms with van der Waals surface area (Å²) in [6.45, 7) is 8.84. The minimum atomic E-state index is -0.895. The summed E-state index contributed by atoms with van der Waals surface area (Å²) < 4.78 is 10.6. The lowest BCUT2D eigenvalue weighted by Crippen LogP contribution is -2.30. The molecule has 1 aliphatic heterocycles. The first-order valence-electron chi connectivity index (χ1n) is 7.38. The Morgan fingerprint density at radius 3 is 2.77 bits per heavy atom. The first-order chi connectivity index (χ1) is 10.3. The maximum atomic E-state index is 11.7. The van der Waals surface area contributed by atoms with Crippen molar-refractivity contribution in [1.82, 2.24) is 0 Å². The van der Waals surface area contributed by atoms with Gasteiger partial charge in [-0.25, -0.2) is 4.79 Å². The highest BCUT2D eigenvalue weighted by Gasteiger charge is 2.42. The SMILES string of the molecule is C=C1C(=O)O[C@H]2C/C(C)=C/C[C@H](OC(C)=O)/C(C)=C/[C@@H](O)[C@H]12. The fourth-order valence-corrected chi connectivity index (χ4v) is 2.96. The zero-order chi connectivity index (χ0) is 16.4. The van der Waals surface area contributed by atoms with Crippen molar-refractivity contribution in [2.24, 2.45) is 5.92 Å². The van der Waals surface area contributed by atoms with Crippen molar-refractivity contribution >= 4 is 11.9 Å². The maximum Gasteiger partial charge on any atom is 0.334 e. The average molecular weight is 306 g/mol. The van der Waals surface area contributed by atoms with Gasteiger partial charge in [0.15, 0.2) is 0 Å². The van der Waals surface area contributed by atoms with E-state index in [9.17, 15) is 14.7 Å². The van der Waals surface area contributed by atoms with E-state index in [1.54, 1.807) is 13.0 Å². The van der Waals surface area contributed by atoms with Crippen LogP contribution in [0.25, 0.3) is 0 Å². The molecule has 4 atom stereocenters. The van der Waals surface area contributed by atoms with Crippen LogP contribution in [0, 0.1) is 5.92 Å². The molecule has 0 aromatic carbocycles. The van der Waals surface area contributed by atoms with Crippen molar-refractivity contribution < 1.29 is 24.2 Å². The van der Waals surface area contributed by atoms with E-state index >= 15 is 0 Å². The van der Waals surface area contributed by atoms with Crippen molar-refractivity contribution in [3.8, 4) is 0 Å². The first-order valence-corrected chi connectivity index (χ1v) is 7.38. The molecule has 120 valence electrons. The Hall–Kier alpha value is -1.88. The number of hydrogen-bond acceptors (Lipinski definition) is 5. The second-order valence-electron chi connectivity index (χ2n) is 5.98. The third-order valence-corrected chi connectivity index (χ3v) is 4.14. The summed E-state index contributed by atoms with van der Waals surface area (Å²) in [6, 6.07) is 0. The van der Waals surface area contributed by atoms with E-state index in [0.717, 1.165) is 11.1 Å². The smallest absolute Gasteiger partial charge is 0.334 e. The van der Waals surface area contributed by atoms with Crippen LogP contribution >= 0.6 is 0 Å². The third-order valence-electron chi connectivity index (χ3n) is 4.14. The van der Waals surface area contributed by atoms with E-state index in [1.807, 2.05) is 13.0 Å². The summed E-state index contributed by atoms with van der Waals surface area (Å²) in [6.07, 6.45) is 2.97. The Kier molecular flexibility index (Phi) is 4.86. The average Bonchev–Trinajstić information content (AvgIpc) is 2.68. The molecule has 22 heavy (non-hydrogen) atoms. The third kappa shape index (κ3) is 3.47. The molecule has 0 spiro atoms. The zero-order valence-electron chi connectivity index (χ0n) is 13.2. The quantitative estimate of drug-likeness (QED) is 0.456. The van der Waals surface area contributed by atoms with Gasteiger partial charge in [-0.05, 0) is 19.4 Å². The number of hydrogen-bond donors (Lipinski definition) is 1. The van der Waals surface area contributed by atoms with Crippen LogP contribution in [-0.4, -0.2) is 35.4 Å². The Labute approximate surface area is 130 Å². The van der Waals surface area contributed by atoms with Gasteiger partial charge in [0.1, 0.15) is 12.2 Å². The summed E-state index contributed by atoms with van der Waals surface area (Å²) >= 11 is 0. The molecule has 1 fully saturated rings.